The van der Waals surface area contributed by atoms with Gasteiger partial charge in [0.15, 0.2) is 5.16 Å². The van der Waals surface area contributed by atoms with Gasteiger partial charge in [0.25, 0.3) is 5.56 Å². The lowest BCUT2D eigenvalue weighted by Crippen LogP contribution is -2.35. The van der Waals surface area contributed by atoms with Crippen molar-refractivity contribution < 1.29 is 4.79 Å². The number of thiophene rings is 1. The van der Waals surface area contributed by atoms with Crippen molar-refractivity contribution in [2.24, 2.45) is 0 Å². The minimum Gasteiger partial charge on any atom is -0.342 e. The van der Waals surface area contributed by atoms with Crippen LogP contribution in [0.5, 0.6) is 0 Å². The van der Waals surface area contributed by atoms with Gasteiger partial charge >= 0.3 is 0 Å². The number of carbonyl (C=O) groups excluding carboxylic acids is 1. The lowest BCUT2D eigenvalue weighted by atomic mass is 10.1. The van der Waals surface area contributed by atoms with Gasteiger partial charge in [-0.1, -0.05) is 31.0 Å². The first-order valence-corrected chi connectivity index (χ1v) is 11.6. The summed E-state index contributed by atoms with van der Waals surface area (Å²) in [6.07, 6.45) is 5.87. The highest BCUT2D eigenvalue weighted by Crippen LogP contribution is 2.29. The molecule has 1 fully saturated rings. The summed E-state index contributed by atoms with van der Waals surface area (Å²) in [4.78, 5) is 34.5. The Bertz CT molecular complexity index is 877. The molecule has 1 amide bonds. The summed E-state index contributed by atoms with van der Waals surface area (Å²) in [6, 6.07) is 0.00769. The maximum absolute atomic E-state index is 13.1. The molecule has 0 spiro atoms. The van der Waals surface area contributed by atoms with E-state index in [1.165, 1.54) is 31.0 Å². The number of likely N-dealkylation sites (tertiary alicyclic amines) is 1. The van der Waals surface area contributed by atoms with E-state index >= 15 is 0 Å². The highest BCUT2D eigenvalue weighted by atomic mass is 32.2. The van der Waals surface area contributed by atoms with E-state index in [2.05, 4.69) is 0 Å². The number of thioether (sulfide) groups is 1. The third-order valence-electron chi connectivity index (χ3n) is 5.25. The van der Waals surface area contributed by atoms with E-state index in [9.17, 15) is 9.59 Å². The predicted molar refractivity (Wildman–Crippen MR) is 114 cm³/mol. The first-order valence-electron chi connectivity index (χ1n) is 9.83. The van der Waals surface area contributed by atoms with Crippen LogP contribution in [-0.4, -0.2) is 39.2 Å². The molecular formula is C20H29N3O2S2. The van der Waals surface area contributed by atoms with Gasteiger partial charge in [-0.15, -0.1) is 11.3 Å². The van der Waals surface area contributed by atoms with Crippen LogP contribution in [0.3, 0.4) is 0 Å². The Morgan fingerprint density at radius 2 is 1.78 bits per heavy atom. The van der Waals surface area contributed by atoms with Crippen LogP contribution < -0.4 is 5.56 Å². The molecule has 7 heteroatoms. The van der Waals surface area contributed by atoms with Crippen molar-refractivity contribution in [2.45, 2.75) is 71.0 Å². The molecule has 0 radical (unpaired) electrons. The zero-order chi connectivity index (χ0) is 19.6. The molecule has 0 N–H and O–H groups in total. The summed E-state index contributed by atoms with van der Waals surface area (Å²) in [5.41, 5.74) is 1.04. The number of hydrogen-bond donors (Lipinski definition) is 0. The Labute approximate surface area is 169 Å². The molecule has 1 saturated heterocycles. The maximum atomic E-state index is 13.1. The van der Waals surface area contributed by atoms with Crippen molar-refractivity contribution in [1.82, 2.24) is 14.5 Å². The van der Waals surface area contributed by atoms with E-state index in [0.29, 0.717) is 10.9 Å². The molecule has 2 aromatic rings. The number of aromatic nitrogens is 2. The van der Waals surface area contributed by atoms with Gasteiger partial charge in [0, 0.05) is 24.0 Å². The summed E-state index contributed by atoms with van der Waals surface area (Å²) in [6.45, 7) is 9.71. The third-order valence-corrected chi connectivity index (χ3v) is 7.29. The molecule has 0 aliphatic carbocycles. The second-order valence-corrected chi connectivity index (χ2v) is 9.71. The number of carbonyl (C=O) groups is 1. The maximum Gasteiger partial charge on any atom is 0.263 e. The van der Waals surface area contributed by atoms with E-state index in [0.717, 1.165) is 46.6 Å². The first kappa shape index (κ1) is 20.4. The molecule has 0 unspecified atom stereocenters. The SMILES string of the molecule is Cc1sc2nc(SCC(=O)N3CCCCCCC3)n(C(C)C)c(=O)c2c1C. The Kier molecular flexibility index (Phi) is 6.63. The van der Waals surface area contributed by atoms with Gasteiger partial charge in [-0.2, -0.15) is 0 Å². The van der Waals surface area contributed by atoms with Crippen LogP contribution in [0.4, 0.5) is 0 Å². The average Bonchev–Trinajstić information content (AvgIpc) is 2.86. The van der Waals surface area contributed by atoms with Gasteiger partial charge in [-0.3, -0.25) is 14.2 Å². The Balaban J connectivity index is 1.84. The van der Waals surface area contributed by atoms with Crippen LogP contribution in [0, 0.1) is 13.8 Å². The number of amides is 1. The standard InChI is InChI=1S/C20H29N3O2S2/c1-13(2)23-19(25)17-14(3)15(4)27-18(17)21-20(23)26-12-16(24)22-10-8-6-5-7-9-11-22/h13H,5-12H2,1-4H3. The van der Waals surface area contributed by atoms with Crippen LogP contribution in [0.15, 0.2) is 9.95 Å². The molecule has 148 valence electrons. The Hall–Kier alpha value is -1.34. The second kappa shape index (κ2) is 8.78. The number of rotatable bonds is 4. The topological polar surface area (TPSA) is 55.2 Å². The molecule has 0 bridgehead atoms. The van der Waals surface area contributed by atoms with Crippen molar-refractivity contribution >= 4 is 39.2 Å². The molecule has 0 atom stereocenters. The minimum absolute atomic E-state index is 0.00769. The van der Waals surface area contributed by atoms with Gasteiger partial charge in [0.05, 0.1) is 11.1 Å². The number of fused-ring (bicyclic) bond motifs is 1. The summed E-state index contributed by atoms with van der Waals surface area (Å²) < 4.78 is 1.74. The quantitative estimate of drug-likeness (QED) is 0.551. The zero-order valence-corrected chi connectivity index (χ0v) is 18.3. The lowest BCUT2D eigenvalue weighted by molar-refractivity contribution is -0.128. The zero-order valence-electron chi connectivity index (χ0n) is 16.7. The van der Waals surface area contributed by atoms with Gasteiger partial charge in [-0.05, 0) is 46.1 Å². The molecular weight excluding hydrogens is 378 g/mol. The van der Waals surface area contributed by atoms with Crippen molar-refractivity contribution in [3.8, 4) is 0 Å². The second-order valence-electron chi connectivity index (χ2n) is 7.56. The van der Waals surface area contributed by atoms with Crippen LogP contribution in [0.25, 0.3) is 10.2 Å². The average molecular weight is 408 g/mol. The molecule has 2 aromatic heterocycles. The molecule has 0 aromatic carbocycles. The molecule has 27 heavy (non-hydrogen) atoms. The summed E-state index contributed by atoms with van der Waals surface area (Å²) in [5.74, 6) is 0.499. The van der Waals surface area contributed by atoms with E-state index in [1.54, 1.807) is 15.9 Å². The third kappa shape index (κ3) is 4.40. The number of aryl methyl sites for hydroxylation is 2. The fraction of sp³-hybridized carbons (Fsp3) is 0.650. The van der Waals surface area contributed by atoms with Crippen LogP contribution in [-0.2, 0) is 4.79 Å². The molecule has 5 nitrogen and oxygen atoms in total. The normalized spacial score (nSPS) is 16.0. The highest BCUT2D eigenvalue weighted by molar-refractivity contribution is 7.99. The van der Waals surface area contributed by atoms with Gasteiger partial charge in [0.2, 0.25) is 5.91 Å². The van der Waals surface area contributed by atoms with Gasteiger partial charge in [0.1, 0.15) is 4.83 Å². The number of nitrogens with zero attached hydrogens (tertiary/aromatic N) is 3. The smallest absolute Gasteiger partial charge is 0.263 e. The minimum atomic E-state index is 0.00769. The van der Waals surface area contributed by atoms with E-state index in [1.807, 2.05) is 32.6 Å². The monoisotopic (exact) mass is 407 g/mol. The number of hydrogen-bond acceptors (Lipinski definition) is 5. The lowest BCUT2D eigenvalue weighted by Gasteiger charge is -2.25. The Morgan fingerprint density at radius 3 is 2.41 bits per heavy atom. The predicted octanol–water partition coefficient (Wildman–Crippen LogP) is 4.54. The van der Waals surface area contributed by atoms with Crippen molar-refractivity contribution in [3.05, 3.63) is 20.8 Å². The molecule has 1 aliphatic rings. The molecule has 3 heterocycles. The van der Waals surface area contributed by atoms with Gasteiger partial charge < -0.3 is 4.90 Å². The Morgan fingerprint density at radius 1 is 1.15 bits per heavy atom. The van der Waals surface area contributed by atoms with E-state index in [-0.39, 0.29) is 17.5 Å². The van der Waals surface area contributed by atoms with Crippen LogP contribution in [0.2, 0.25) is 0 Å². The highest BCUT2D eigenvalue weighted by Gasteiger charge is 2.21. The molecule has 0 saturated carbocycles. The van der Waals surface area contributed by atoms with Crippen LogP contribution in [0.1, 0.15) is 62.4 Å². The van der Waals surface area contributed by atoms with Crippen molar-refractivity contribution in [2.75, 3.05) is 18.8 Å². The summed E-state index contributed by atoms with van der Waals surface area (Å²) in [5, 5.41) is 1.38. The summed E-state index contributed by atoms with van der Waals surface area (Å²) >= 11 is 2.96. The first-order chi connectivity index (χ1) is 12.9. The fourth-order valence-electron chi connectivity index (χ4n) is 3.56. The van der Waals surface area contributed by atoms with Crippen LogP contribution >= 0.6 is 23.1 Å². The fourth-order valence-corrected chi connectivity index (χ4v) is 5.66. The van der Waals surface area contributed by atoms with Gasteiger partial charge in [-0.25, -0.2) is 4.98 Å². The van der Waals surface area contributed by atoms with Crippen molar-refractivity contribution in [3.63, 3.8) is 0 Å². The largest absolute Gasteiger partial charge is 0.342 e. The van der Waals surface area contributed by atoms with E-state index in [4.69, 9.17) is 4.98 Å². The molecule has 3 rings (SSSR count). The molecule has 1 aliphatic heterocycles. The van der Waals surface area contributed by atoms with E-state index < -0.39 is 0 Å². The summed E-state index contributed by atoms with van der Waals surface area (Å²) in [7, 11) is 0. The van der Waals surface area contributed by atoms with Crippen molar-refractivity contribution in [1.29, 1.82) is 0 Å².